The number of benzene rings is 1. The van der Waals surface area contributed by atoms with Gasteiger partial charge in [0, 0.05) is 20.2 Å². The predicted octanol–water partition coefficient (Wildman–Crippen LogP) is 0.269. The Morgan fingerprint density at radius 3 is 2.33 bits per heavy atom. The third kappa shape index (κ3) is 1.48. The third-order valence-corrected chi connectivity index (χ3v) is 3.59. The first kappa shape index (κ1) is 11.4. The van der Waals surface area contributed by atoms with Crippen molar-refractivity contribution >= 4 is 11.8 Å². The molecular weight excluding hydrogens is 232 g/mol. The minimum atomic E-state index is -0.220. The van der Waals surface area contributed by atoms with Crippen molar-refractivity contribution in [3.8, 4) is 0 Å². The van der Waals surface area contributed by atoms with E-state index in [-0.39, 0.29) is 24.0 Å². The molecule has 0 aromatic heterocycles. The Balaban J connectivity index is 1.97. The molecule has 1 aromatic rings. The molecular formula is C13H14N2O3. The average molecular weight is 246 g/mol. The molecule has 1 unspecified atom stereocenters. The number of nitrogens with one attached hydrogen (secondary N) is 1. The van der Waals surface area contributed by atoms with Gasteiger partial charge in [0.2, 0.25) is 0 Å². The molecule has 5 nitrogen and oxygen atoms in total. The molecule has 94 valence electrons. The minimum Gasteiger partial charge on any atom is -0.378 e. The van der Waals surface area contributed by atoms with Crippen LogP contribution in [0, 0.1) is 0 Å². The normalized spacial score (nSPS) is 26.8. The number of ether oxygens (including phenoxy) is 1. The average Bonchev–Trinajstić information content (AvgIpc) is 2.95. The van der Waals surface area contributed by atoms with Gasteiger partial charge in [-0.1, -0.05) is 12.1 Å². The fraction of sp³-hybridized carbons (Fsp3) is 0.385. The van der Waals surface area contributed by atoms with Gasteiger partial charge in [-0.3, -0.25) is 14.5 Å². The summed E-state index contributed by atoms with van der Waals surface area (Å²) in [5.41, 5.74) is 0.980. The van der Waals surface area contributed by atoms with Crippen LogP contribution in [-0.4, -0.2) is 49.1 Å². The summed E-state index contributed by atoms with van der Waals surface area (Å²) in [7, 11) is 1.60. The summed E-state index contributed by atoms with van der Waals surface area (Å²) in [4.78, 5) is 25.9. The van der Waals surface area contributed by atoms with Crippen molar-refractivity contribution in [2.45, 2.75) is 12.1 Å². The lowest BCUT2D eigenvalue weighted by Gasteiger charge is -2.25. The Bertz CT molecular complexity index is 480. The fourth-order valence-electron chi connectivity index (χ4n) is 2.65. The van der Waals surface area contributed by atoms with Crippen LogP contribution in [0.15, 0.2) is 24.3 Å². The number of carbonyl (C=O) groups excluding carboxylic acids is 2. The molecule has 1 aromatic carbocycles. The number of nitrogens with zero attached hydrogens (tertiary/aromatic N) is 1. The molecule has 1 saturated heterocycles. The molecule has 1 fully saturated rings. The summed E-state index contributed by atoms with van der Waals surface area (Å²) >= 11 is 0. The minimum absolute atomic E-state index is 0.132. The van der Waals surface area contributed by atoms with Crippen molar-refractivity contribution < 1.29 is 14.3 Å². The number of methoxy groups -OCH3 is 1. The van der Waals surface area contributed by atoms with Crippen LogP contribution in [0.4, 0.5) is 0 Å². The van der Waals surface area contributed by atoms with E-state index < -0.39 is 0 Å². The maximum absolute atomic E-state index is 12.3. The van der Waals surface area contributed by atoms with Gasteiger partial charge in [0.15, 0.2) is 0 Å². The zero-order chi connectivity index (χ0) is 12.7. The molecule has 0 saturated carbocycles. The lowest BCUT2D eigenvalue weighted by molar-refractivity contribution is 0.0334. The SMILES string of the molecule is CO[C@H]1CNCC1N1C(=O)c2ccccc2C1=O. The van der Waals surface area contributed by atoms with Crippen LogP contribution >= 0.6 is 0 Å². The maximum atomic E-state index is 12.3. The summed E-state index contributed by atoms with van der Waals surface area (Å²) in [5.74, 6) is -0.433. The van der Waals surface area contributed by atoms with Crippen LogP contribution in [0.2, 0.25) is 0 Å². The first-order valence-electron chi connectivity index (χ1n) is 5.94. The lowest BCUT2D eigenvalue weighted by atomic mass is 10.1. The van der Waals surface area contributed by atoms with E-state index in [1.807, 2.05) is 0 Å². The summed E-state index contributed by atoms with van der Waals surface area (Å²) in [6, 6.07) is 6.71. The highest BCUT2D eigenvalue weighted by Gasteiger charge is 2.44. The standard InChI is InChI=1S/C13H14N2O3/c1-18-11-7-14-6-10(11)15-12(16)8-4-2-3-5-9(8)13(15)17/h2-5,10-11,14H,6-7H2,1H3/t10?,11-/m0/s1. The summed E-state index contributed by atoms with van der Waals surface area (Å²) in [6.07, 6.45) is -0.132. The highest BCUT2D eigenvalue weighted by atomic mass is 16.5. The van der Waals surface area contributed by atoms with E-state index in [2.05, 4.69) is 5.32 Å². The molecule has 0 bridgehead atoms. The van der Waals surface area contributed by atoms with Crippen molar-refractivity contribution in [2.75, 3.05) is 20.2 Å². The molecule has 0 radical (unpaired) electrons. The molecule has 3 rings (SSSR count). The van der Waals surface area contributed by atoms with E-state index in [0.717, 1.165) is 0 Å². The quantitative estimate of drug-likeness (QED) is 0.761. The molecule has 0 spiro atoms. The van der Waals surface area contributed by atoms with E-state index in [1.165, 1.54) is 4.90 Å². The van der Waals surface area contributed by atoms with E-state index in [4.69, 9.17) is 4.74 Å². The number of carbonyl (C=O) groups is 2. The first-order chi connectivity index (χ1) is 8.74. The summed E-state index contributed by atoms with van der Waals surface area (Å²) in [5, 5.41) is 3.15. The molecule has 2 atom stereocenters. The Hall–Kier alpha value is -1.72. The van der Waals surface area contributed by atoms with Crippen molar-refractivity contribution in [1.29, 1.82) is 0 Å². The number of hydrogen-bond acceptors (Lipinski definition) is 4. The van der Waals surface area contributed by atoms with E-state index in [9.17, 15) is 9.59 Å². The van der Waals surface area contributed by atoms with Crippen LogP contribution in [0.3, 0.4) is 0 Å². The number of rotatable bonds is 2. The Labute approximate surface area is 105 Å². The number of imide groups is 1. The van der Waals surface area contributed by atoms with E-state index in [1.54, 1.807) is 31.4 Å². The fourth-order valence-corrected chi connectivity index (χ4v) is 2.65. The second kappa shape index (κ2) is 4.19. The highest BCUT2D eigenvalue weighted by Crippen LogP contribution is 2.26. The molecule has 2 aliphatic rings. The third-order valence-electron chi connectivity index (χ3n) is 3.59. The predicted molar refractivity (Wildman–Crippen MR) is 64.4 cm³/mol. The van der Waals surface area contributed by atoms with Crippen LogP contribution in [-0.2, 0) is 4.74 Å². The molecule has 2 aliphatic heterocycles. The highest BCUT2D eigenvalue weighted by molar-refractivity contribution is 6.21. The van der Waals surface area contributed by atoms with Crippen LogP contribution < -0.4 is 5.32 Å². The maximum Gasteiger partial charge on any atom is 0.261 e. The van der Waals surface area contributed by atoms with Gasteiger partial charge in [0.25, 0.3) is 11.8 Å². The van der Waals surface area contributed by atoms with Gasteiger partial charge < -0.3 is 10.1 Å². The van der Waals surface area contributed by atoms with Gasteiger partial charge in [-0.2, -0.15) is 0 Å². The first-order valence-corrected chi connectivity index (χ1v) is 5.94. The van der Waals surface area contributed by atoms with Gasteiger partial charge in [-0.05, 0) is 12.1 Å². The number of amides is 2. The Kier molecular flexibility index (Phi) is 2.65. The molecule has 0 aliphatic carbocycles. The monoisotopic (exact) mass is 246 g/mol. The zero-order valence-electron chi connectivity index (χ0n) is 10.1. The van der Waals surface area contributed by atoms with E-state index >= 15 is 0 Å². The Morgan fingerprint density at radius 1 is 1.17 bits per heavy atom. The van der Waals surface area contributed by atoms with Crippen molar-refractivity contribution in [3.63, 3.8) is 0 Å². The Morgan fingerprint density at radius 2 is 1.78 bits per heavy atom. The van der Waals surface area contributed by atoms with Crippen molar-refractivity contribution in [1.82, 2.24) is 10.2 Å². The topological polar surface area (TPSA) is 58.6 Å². The van der Waals surface area contributed by atoms with Gasteiger partial charge in [0.05, 0.1) is 23.3 Å². The van der Waals surface area contributed by atoms with Crippen LogP contribution in [0.5, 0.6) is 0 Å². The number of hydrogen-bond donors (Lipinski definition) is 1. The molecule has 2 heterocycles. The molecule has 1 N–H and O–H groups in total. The largest absolute Gasteiger partial charge is 0.378 e. The van der Waals surface area contributed by atoms with Gasteiger partial charge >= 0.3 is 0 Å². The summed E-state index contributed by atoms with van der Waals surface area (Å²) in [6.45, 7) is 1.25. The second-order valence-corrected chi connectivity index (χ2v) is 4.53. The second-order valence-electron chi connectivity index (χ2n) is 4.53. The van der Waals surface area contributed by atoms with Gasteiger partial charge in [-0.25, -0.2) is 0 Å². The number of fused-ring (bicyclic) bond motifs is 1. The summed E-state index contributed by atoms with van der Waals surface area (Å²) < 4.78 is 5.32. The van der Waals surface area contributed by atoms with Crippen LogP contribution in [0.25, 0.3) is 0 Å². The molecule has 2 amide bonds. The van der Waals surface area contributed by atoms with Crippen LogP contribution in [0.1, 0.15) is 20.7 Å². The molecule has 18 heavy (non-hydrogen) atoms. The lowest BCUT2D eigenvalue weighted by Crippen LogP contribution is -2.47. The van der Waals surface area contributed by atoms with Crippen molar-refractivity contribution in [2.24, 2.45) is 0 Å². The smallest absolute Gasteiger partial charge is 0.261 e. The van der Waals surface area contributed by atoms with Crippen molar-refractivity contribution in [3.05, 3.63) is 35.4 Å². The molecule has 5 heteroatoms. The van der Waals surface area contributed by atoms with Gasteiger partial charge in [-0.15, -0.1) is 0 Å². The van der Waals surface area contributed by atoms with E-state index in [0.29, 0.717) is 24.2 Å². The zero-order valence-corrected chi connectivity index (χ0v) is 10.1. The van der Waals surface area contributed by atoms with Gasteiger partial charge in [0.1, 0.15) is 0 Å².